The van der Waals surface area contributed by atoms with Crippen molar-refractivity contribution in [2.45, 2.75) is 12.5 Å². The summed E-state index contributed by atoms with van der Waals surface area (Å²) < 4.78 is 15.7. The van der Waals surface area contributed by atoms with Crippen LogP contribution in [0.2, 0.25) is 0 Å². The van der Waals surface area contributed by atoms with Gasteiger partial charge in [0.2, 0.25) is 5.91 Å². The first-order chi connectivity index (χ1) is 11.1. The third-order valence-electron chi connectivity index (χ3n) is 4.20. The summed E-state index contributed by atoms with van der Waals surface area (Å²) in [6.45, 7) is 2.51. The molecule has 1 aromatic rings. The average Bonchev–Trinajstić information content (AvgIpc) is 2.89. The van der Waals surface area contributed by atoms with E-state index in [0.717, 1.165) is 0 Å². The molecule has 0 radical (unpaired) electrons. The molecule has 0 N–H and O–H groups in total. The van der Waals surface area contributed by atoms with Crippen LogP contribution in [0.25, 0.3) is 0 Å². The molecule has 7 heteroatoms. The smallest absolute Gasteiger partial charge is 0.251 e. The van der Waals surface area contributed by atoms with E-state index >= 15 is 0 Å². The molecule has 2 aliphatic heterocycles. The first-order valence-corrected chi connectivity index (χ1v) is 7.55. The molecule has 23 heavy (non-hydrogen) atoms. The summed E-state index contributed by atoms with van der Waals surface area (Å²) in [5.74, 6) is 0.665. The molecule has 7 nitrogen and oxygen atoms in total. The predicted octanol–water partition coefficient (Wildman–Crippen LogP) is 0.668. The number of anilines is 1. The Balaban J connectivity index is 1.87. The summed E-state index contributed by atoms with van der Waals surface area (Å²) in [6.07, 6.45) is 0.193. The van der Waals surface area contributed by atoms with Crippen molar-refractivity contribution in [3.05, 3.63) is 18.2 Å². The fourth-order valence-electron chi connectivity index (χ4n) is 2.98. The van der Waals surface area contributed by atoms with Crippen molar-refractivity contribution in [2.24, 2.45) is 0 Å². The molecule has 3 rings (SSSR count). The number of nitrogens with zero attached hydrogens (tertiary/aromatic N) is 2. The van der Waals surface area contributed by atoms with Gasteiger partial charge in [0.05, 0.1) is 45.6 Å². The number of imide groups is 1. The molecule has 2 amide bonds. The first-order valence-electron chi connectivity index (χ1n) is 7.55. The lowest BCUT2D eigenvalue weighted by Crippen LogP contribution is -2.47. The Bertz CT molecular complexity index is 590. The van der Waals surface area contributed by atoms with Crippen LogP contribution in [0.3, 0.4) is 0 Å². The molecule has 1 atom stereocenters. The molecule has 124 valence electrons. The highest BCUT2D eigenvalue weighted by Crippen LogP contribution is 2.32. The van der Waals surface area contributed by atoms with Gasteiger partial charge in [-0.3, -0.25) is 14.5 Å². The second kappa shape index (κ2) is 6.55. The number of carbonyl (C=O) groups is 2. The van der Waals surface area contributed by atoms with Gasteiger partial charge in [-0.15, -0.1) is 0 Å². The standard InChI is InChI=1S/C16H20N2O5/c1-21-12-7-11(8-13(9-12)22-2)18-15(19)10-14(16(18)20)17-3-5-23-6-4-17/h7-9,14H,3-6,10H2,1-2H3/t14-/m0/s1. The average molecular weight is 320 g/mol. The van der Waals surface area contributed by atoms with Crippen molar-refractivity contribution in [3.8, 4) is 11.5 Å². The maximum atomic E-state index is 12.8. The lowest BCUT2D eigenvalue weighted by Gasteiger charge is -2.30. The van der Waals surface area contributed by atoms with Gasteiger partial charge in [-0.05, 0) is 0 Å². The van der Waals surface area contributed by atoms with Crippen molar-refractivity contribution >= 4 is 17.5 Å². The Morgan fingerprint density at radius 1 is 1.04 bits per heavy atom. The van der Waals surface area contributed by atoms with E-state index in [9.17, 15) is 9.59 Å². The van der Waals surface area contributed by atoms with E-state index in [-0.39, 0.29) is 18.2 Å². The molecule has 0 bridgehead atoms. The Hall–Kier alpha value is -2.12. The van der Waals surface area contributed by atoms with Crippen LogP contribution in [0.4, 0.5) is 5.69 Å². The fraction of sp³-hybridized carbons (Fsp3) is 0.500. The van der Waals surface area contributed by atoms with Crippen molar-refractivity contribution in [1.82, 2.24) is 4.90 Å². The van der Waals surface area contributed by atoms with Gasteiger partial charge in [-0.25, -0.2) is 4.90 Å². The molecule has 2 fully saturated rings. The van der Waals surface area contributed by atoms with E-state index in [1.165, 1.54) is 19.1 Å². The lowest BCUT2D eigenvalue weighted by atomic mass is 10.2. The molecule has 0 aromatic heterocycles. The SMILES string of the molecule is COc1cc(OC)cc(N2C(=O)C[C@H](N3CCOCC3)C2=O)c1. The van der Waals surface area contributed by atoms with Crippen molar-refractivity contribution < 1.29 is 23.8 Å². The topological polar surface area (TPSA) is 68.3 Å². The zero-order chi connectivity index (χ0) is 16.4. The van der Waals surface area contributed by atoms with E-state index in [2.05, 4.69) is 0 Å². The van der Waals surface area contributed by atoms with Crippen LogP contribution >= 0.6 is 0 Å². The van der Waals surface area contributed by atoms with Gasteiger partial charge >= 0.3 is 0 Å². The molecule has 0 spiro atoms. The van der Waals surface area contributed by atoms with Crippen LogP contribution in [0.5, 0.6) is 11.5 Å². The largest absolute Gasteiger partial charge is 0.497 e. The van der Waals surface area contributed by atoms with E-state index in [1.807, 2.05) is 4.90 Å². The molecule has 2 saturated heterocycles. The molecule has 0 unspecified atom stereocenters. The Morgan fingerprint density at radius 3 is 2.22 bits per heavy atom. The molecule has 1 aromatic carbocycles. The lowest BCUT2D eigenvalue weighted by molar-refractivity contribution is -0.123. The van der Waals surface area contributed by atoms with Crippen LogP contribution < -0.4 is 14.4 Å². The minimum atomic E-state index is -0.413. The Labute approximate surface area is 134 Å². The van der Waals surface area contributed by atoms with Gasteiger partial charge in [0, 0.05) is 31.3 Å². The molecule has 0 aliphatic carbocycles. The second-order valence-corrected chi connectivity index (χ2v) is 5.51. The van der Waals surface area contributed by atoms with E-state index in [1.54, 1.807) is 18.2 Å². The Morgan fingerprint density at radius 2 is 1.65 bits per heavy atom. The van der Waals surface area contributed by atoms with Crippen molar-refractivity contribution in [3.63, 3.8) is 0 Å². The van der Waals surface area contributed by atoms with Gasteiger partial charge in [-0.2, -0.15) is 0 Å². The number of carbonyl (C=O) groups excluding carboxylic acids is 2. The number of hydrogen-bond acceptors (Lipinski definition) is 6. The van der Waals surface area contributed by atoms with E-state index in [4.69, 9.17) is 14.2 Å². The number of hydrogen-bond donors (Lipinski definition) is 0. The number of morpholine rings is 1. The Kier molecular flexibility index (Phi) is 4.49. The monoisotopic (exact) mass is 320 g/mol. The minimum Gasteiger partial charge on any atom is -0.497 e. The van der Waals surface area contributed by atoms with E-state index in [0.29, 0.717) is 43.5 Å². The van der Waals surface area contributed by atoms with Crippen molar-refractivity contribution in [2.75, 3.05) is 45.4 Å². The summed E-state index contributed by atoms with van der Waals surface area (Å²) in [5.41, 5.74) is 0.479. The van der Waals surface area contributed by atoms with Gasteiger partial charge in [-0.1, -0.05) is 0 Å². The molecule has 2 aliphatic rings. The van der Waals surface area contributed by atoms with E-state index < -0.39 is 6.04 Å². The molecule has 0 saturated carbocycles. The highest BCUT2D eigenvalue weighted by atomic mass is 16.5. The zero-order valence-electron chi connectivity index (χ0n) is 13.3. The number of amides is 2. The minimum absolute atomic E-state index is 0.193. The summed E-state index contributed by atoms with van der Waals surface area (Å²) >= 11 is 0. The number of rotatable bonds is 4. The summed E-state index contributed by atoms with van der Waals surface area (Å²) in [6, 6.07) is 4.62. The van der Waals surface area contributed by atoms with Crippen LogP contribution in [0, 0.1) is 0 Å². The van der Waals surface area contributed by atoms with Gasteiger partial charge in [0.15, 0.2) is 0 Å². The maximum absolute atomic E-state index is 12.8. The van der Waals surface area contributed by atoms with Crippen LogP contribution in [-0.4, -0.2) is 63.3 Å². The zero-order valence-corrected chi connectivity index (χ0v) is 13.3. The van der Waals surface area contributed by atoms with Gasteiger partial charge in [0.1, 0.15) is 11.5 Å². The van der Waals surface area contributed by atoms with Crippen LogP contribution in [0.15, 0.2) is 18.2 Å². The molecular weight excluding hydrogens is 300 g/mol. The third-order valence-corrected chi connectivity index (χ3v) is 4.20. The van der Waals surface area contributed by atoms with Gasteiger partial charge in [0.25, 0.3) is 5.91 Å². The van der Waals surface area contributed by atoms with Gasteiger partial charge < -0.3 is 14.2 Å². The molecular formula is C16H20N2O5. The van der Waals surface area contributed by atoms with Crippen LogP contribution in [-0.2, 0) is 14.3 Å². The normalized spacial score (nSPS) is 22.5. The summed E-state index contributed by atoms with van der Waals surface area (Å²) in [4.78, 5) is 28.4. The number of ether oxygens (including phenoxy) is 3. The van der Waals surface area contributed by atoms with Crippen molar-refractivity contribution in [1.29, 1.82) is 0 Å². The quantitative estimate of drug-likeness (QED) is 0.760. The fourth-order valence-corrected chi connectivity index (χ4v) is 2.98. The number of benzene rings is 1. The predicted molar refractivity (Wildman–Crippen MR) is 82.8 cm³/mol. The molecule has 2 heterocycles. The number of methoxy groups -OCH3 is 2. The third kappa shape index (κ3) is 3.02. The second-order valence-electron chi connectivity index (χ2n) is 5.51. The maximum Gasteiger partial charge on any atom is 0.251 e. The highest BCUT2D eigenvalue weighted by Gasteiger charge is 2.43. The highest BCUT2D eigenvalue weighted by molar-refractivity contribution is 6.22. The first kappa shape index (κ1) is 15.8. The summed E-state index contributed by atoms with van der Waals surface area (Å²) in [7, 11) is 3.06. The van der Waals surface area contributed by atoms with Crippen LogP contribution in [0.1, 0.15) is 6.42 Å². The summed E-state index contributed by atoms with van der Waals surface area (Å²) in [5, 5.41) is 0.